The van der Waals surface area contributed by atoms with E-state index >= 15 is 0 Å². The lowest BCUT2D eigenvalue weighted by Gasteiger charge is -2.33. The van der Waals surface area contributed by atoms with Gasteiger partial charge < -0.3 is 0 Å². The van der Waals surface area contributed by atoms with Crippen molar-refractivity contribution in [3.8, 4) is 12.3 Å². The van der Waals surface area contributed by atoms with E-state index < -0.39 is 11.1 Å². The van der Waals surface area contributed by atoms with E-state index in [1.807, 2.05) is 13.8 Å². The molecule has 0 N–H and O–H groups in total. The molecule has 0 saturated carbocycles. The van der Waals surface area contributed by atoms with E-state index in [1.165, 1.54) is 0 Å². The Bertz CT molecular complexity index is 219. The van der Waals surface area contributed by atoms with E-state index in [2.05, 4.69) is 5.92 Å². The van der Waals surface area contributed by atoms with E-state index in [-0.39, 0.29) is 11.5 Å². The van der Waals surface area contributed by atoms with Crippen LogP contribution in [-0.2, 0) is 15.3 Å². The molecule has 0 bridgehead atoms. The van der Waals surface area contributed by atoms with Crippen LogP contribution < -0.4 is 0 Å². The molecular formula is C8H12O2S. The van der Waals surface area contributed by atoms with E-state index in [0.717, 1.165) is 6.42 Å². The summed E-state index contributed by atoms with van der Waals surface area (Å²) < 4.78 is 16.0. The smallest absolute Gasteiger partial charge is 0.155 e. The zero-order valence-corrected chi connectivity index (χ0v) is 7.61. The van der Waals surface area contributed by atoms with Gasteiger partial charge in [0.15, 0.2) is 11.1 Å². The number of hydrogen-bond donors (Lipinski definition) is 0. The Kier molecular flexibility index (Phi) is 2.36. The van der Waals surface area contributed by atoms with E-state index in [4.69, 9.17) is 10.6 Å². The molecule has 0 aromatic rings. The fourth-order valence-electron chi connectivity index (χ4n) is 1.00. The van der Waals surface area contributed by atoms with Gasteiger partial charge in [0.2, 0.25) is 0 Å². The van der Waals surface area contributed by atoms with Gasteiger partial charge in [-0.3, -0.25) is 4.18 Å². The predicted octanol–water partition coefficient (Wildman–Crippen LogP) is 1.10. The minimum absolute atomic E-state index is 0.0953. The summed E-state index contributed by atoms with van der Waals surface area (Å²) in [4.78, 5) is 0. The molecule has 1 fully saturated rings. The van der Waals surface area contributed by atoms with Gasteiger partial charge in [-0.15, -0.1) is 6.42 Å². The molecule has 0 spiro atoms. The van der Waals surface area contributed by atoms with Crippen LogP contribution in [0.4, 0.5) is 0 Å². The molecule has 0 aromatic heterocycles. The molecule has 0 radical (unpaired) electrons. The fourth-order valence-corrected chi connectivity index (χ4v) is 2.22. The maximum atomic E-state index is 10.9. The molecule has 1 saturated heterocycles. The van der Waals surface area contributed by atoms with Crippen molar-refractivity contribution >= 4 is 11.1 Å². The van der Waals surface area contributed by atoms with Gasteiger partial charge in [0.25, 0.3) is 0 Å². The van der Waals surface area contributed by atoms with Crippen LogP contribution in [0.2, 0.25) is 0 Å². The Hall–Kier alpha value is -0.330. The summed E-state index contributed by atoms with van der Waals surface area (Å²) in [5.41, 5.74) is -0.228. The number of terminal acetylenes is 1. The van der Waals surface area contributed by atoms with Crippen molar-refractivity contribution in [2.24, 2.45) is 5.41 Å². The lowest BCUT2D eigenvalue weighted by atomic mass is 9.83. The van der Waals surface area contributed by atoms with Gasteiger partial charge in [-0.1, -0.05) is 5.92 Å². The van der Waals surface area contributed by atoms with Crippen LogP contribution in [0.25, 0.3) is 0 Å². The molecule has 2 nitrogen and oxygen atoms in total. The zero-order valence-electron chi connectivity index (χ0n) is 6.79. The molecule has 3 unspecified atom stereocenters. The summed E-state index contributed by atoms with van der Waals surface area (Å²) in [6, 6.07) is 0. The van der Waals surface area contributed by atoms with Crippen LogP contribution in [0.3, 0.4) is 0 Å². The predicted molar refractivity (Wildman–Crippen MR) is 45.1 cm³/mol. The molecule has 1 aliphatic rings. The van der Waals surface area contributed by atoms with Crippen molar-refractivity contribution in [3.05, 3.63) is 0 Å². The Labute approximate surface area is 70.0 Å². The highest BCUT2D eigenvalue weighted by Gasteiger charge is 2.35. The highest BCUT2D eigenvalue weighted by atomic mass is 32.2. The lowest BCUT2D eigenvalue weighted by Crippen LogP contribution is -2.37. The van der Waals surface area contributed by atoms with E-state index in [1.54, 1.807) is 0 Å². The standard InChI is InChI=1S/C8H12O2S/c1-4-8(3)5-6-11(9)10-7(8)2/h1,7H,5-6H2,2-3H3. The van der Waals surface area contributed by atoms with Crippen LogP contribution in [-0.4, -0.2) is 16.1 Å². The van der Waals surface area contributed by atoms with E-state index in [9.17, 15) is 4.21 Å². The van der Waals surface area contributed by atoms with Crippen LogP contribution in [0.1, 0.15) is 20.3 Å². The first kappa shape index (κ1) is 8.76. The Morgan fingerprint density at radius 3 is 2.91 bits per heavy atom. The first-order chi connectivity index (χ1) is 5.08. The molecule has 0 amide bonds. The third kappa shape index (κ3) is 1.63. The summed E-state index contributed by atoms with van der Waals surface area (Å²) in [6.07, 6.45) is 6.04. The highest BCUT2D eigenvalue weighted by Crippen LogP contribution is 2.32. The van der Waals surface area contributed by atoms with Crippen molar-refractivity contribution in [3.63, 3.8) is 0 Å². The fraction of sp³-hybridized carbons (Fsp3) is 0.750. The number of rotatable bonds is 0. The second kappa shape index (κ2) is 2.96. The van der Waals surface area contributed by atoms with Crippen LogP contribution >= 0.6 is 0 Å². The Balaban J connectivity index is 2.73. The summed E-state index contributed by atoms with van der Waals surface area (Å²) in [5.74, 6) is 3.25. The first-order valence-electron chi connectivity index (χ1n) is 3.62. The summed E-state index contributed by atoms with van der Waals surface area (Å²) in [5, 5.41) is 0. The van der Waals surface area contributed by atoms with Crippen molar-refractivity contribution in [1.29, 1.82) is 0 Å². The quantitative estimate of drug-likeness (QED) is 0.511. The maximum Gasteiger partial charge on any atom is 0.155 e. The Morgan fingerprint density at radius 1 is 1.82 bits per heavy atom. The SMILES string of the molecule is C#CC1(C)CCS(=O)OC1C. The molecule has 11 heavy (non-hydrogen) atoms. The molecule has 1 aliphatic heterocycles. The molecule has 1 heterocycles. The van der Waals surface area contributed by atoms with Crippen LogP contribution in [0.15, 0.2) is 0 Å². The summed E-state index contributed by atoms with van der Waals surface area (Å²) >= 11 is -1.11. The second-order valence-electron chi connectivity index (χ2n) is 3.06. The normalized spacial score (nSPS) is 44.8. The monoisotopic (exact) mass is 172 g/mol. The average Bonchev–Trinajstić information content (AvgIpc) is 1.98. The topological polar surface area (TPSA) is 26.3 Å². The van der Waals surface area contributed by atoms with Gasteiger partial charge in [0.05, 0.1) is 17.3 Å². The van der Waals surface area contributed by atoms with Crippen molar-refractivity contribution in [2.75, 3.05) is 5.75 Å². The molecular weight excluding hydrogens is 160 g/mol. The van der Waals surface area contributed by atoms with Gasteiger partial charge in [0, 0.05) is 0 Å². The lowest BCUT2D eigenvalue weighted by molar-refractivity contribution is 0.115. The molecule has 0 aliphatic carbocycles. The molecule has 3 heteroatoms. The van der Waals surface area contributed by atoms with Gasteiger partial charge >= 0.3 is 0 Å². The third-order valence-electron chi connectivity index (χ3n) is 2.27. The molecule has 1 rings (SSSR count). The van der Waals surface area contributed by atoms with Crippen molar-refractivity contribution in [1.82, 2.24) is 0 Å². The van der Waals surface area contributed by atoms with E-state index in [0.29, 0.717) is 5.75 Å². The van der Waals surface area contributed by atoms with Gasteiger partial charge in [-0.05, 0) is 20.3 Å². The maximum absolute atomic E-state index is 10.9. The summed E-state index contributed by atoms with van der Waals surface area (Å²) in [6.45, 7) is 3.84. The van der Waals surface area contributed by atoms with Crippen LogP contribution in [0.5, 0.6) is 0 Å². The number of hydrogen-bond acceptors (Lipinski definition) is 2. The van der Waals surface area contributed by atoms with Gasteiger partial charge in [-0.25, -0.2) is 4.21 Å². The molecule has 0 aromatic carbocycles. The van der Waals surface area contributed by atoms with Crippen molar-refractivity contribution < 1.29 is 8.39 Å². The first-order valence-corrected chi connectivity index (χ1v) is 4.86. The van der Waals surface area contributed by atoms with Crippen LogP contribution in [0, 0.1) is 17.8 Å². The van der Waals surface area contributed by atoms with Crippen molar-refractivity contribution in [2.45, 2.75) is 26.4 Å². The zero-order chi connectivity index (χ0) is 8.48. The van der Waals surface area contributed by atoms with Gasteiger partial charge in [-0.2, -0.15) is 0 Å². The molecule has 3 atom stereocenters. The van der Waals surface area contributed by atoms with Gasteiger partial charge in [0.1, 0.15) is 0 Å². The average molecular weight is 172 g/mol. The summed E-state index contributed by atoms with van der Waals surface area (Å²) in [7, 11) is 0. The minimum atomic E-state index is -1.11. The Morgan fingerprint density at radius 2 is 2.45 bits per heavy atom. The highest BCUT2D eigenvalue weighted by molar-refractivity contribution is 7.80. The minimum Gasteiger partial charge on any atom is -0.286 e. The third-order valence-corrected chi connectivity index (χ3v) is 3.31. The largest absolute Gasteiger partial charge is 0.286 e. The second-order valence-corrected chi connectivity index (χ2v) is 4.27. The molecule has 62 valence electrons.